The fraction of sp³-hybridized carbons (Fsp3) is 0.345. The van der Waals surface area contributed by atoms with Gasteiger partial charge in [0, 0.05) is 19.5 Å². The molecule has 0 aromatic heterocycles. The fourth-order valence-electron chi connectivity index (χ4n) is 4.43. The molecular weight excluding hydrogens is 426 g/mol. The summed E-state index contributed by atoms with van der Waals surface area (Å²) >= 11 is 0. The highest BCUT2D eigenvalue weighted by Gasteiger charge is 2.13. The number of carbonyl (C=O) groups is 1. The number of hydrogen-bond donors (Lipinski definition) is 1. The summed E-state index contributed by atoms with van der Waals surface area (Å²) in [5.41, 5.74) is 4.90. The van der Waals surface area contributed by atoms with Crippen molar-refractivity contribution in [3.63, 3.8) is 0 Å². The molecule has 0 atom stereocenters. The lowest BCUT2D eigenvalue weighted by atomic mass is 9.99. The third-order valence-corrected chi connectivity index (χ3v) is 6.12. The van der Waals surface area contributed by atoms with Gasteiger partial charge in [-0.25, -0.2) is 4.79 Å². The molecule has 1 N–H and O–H groups in total. The number of hydrogen-bond acceptors (Lipinski definition) is 4. The second-order valence-corrected chi connectivity index (χ2v) is 8.82. The van der Waals surface area contributed by atoms with E-state index in [2.05, 4.69) is 41.3 Å². The summed E-state index contributed by atoms with van der Waals surface area (Å²) in [6.07, 6.45) is 3.80. The second-order valence-electron chi connectivity index (χ2n) is 8.82. The van der Waals surface area contributed by atoms with E-state index in [9.17, 15) is 9.90 Å². The number of fused-ring (bicyclic) bond motifs is 3. The Morgan fingerprint density at radius 3 is 2.62 bits per heavy atom. The molecule has 3 aromatic carbocycles. The summed E-state index contributed by atoms with van der Waals surface area (Å²) in [6, 6.07) is 22.2. The molecule has 0 fully saturated rings. The molecule has 0 spiro atoms. The smallest absolute Gasteiger partial charge is 0.335 e. The average molecular weight is 460 g/mol. The van der Waals surface area contributed by atoms with E-state index in [0.29, 0.717) is 25.2 Å². The molecule has 0 saturated heterocycles. The van der Waals surface area contributed by atoms with Crippen molar-refractivity contribution in [2.75, 3.05) is 19.8 Å². The van der Waals surface area contributed by atoms with E-state index in [-0.39, 0.29) is 0 Å². The molecule has 178 valence electrons. The Kier molecular flexibility index (Phi) is 8.21. The normalized spacial score (nSPS) is 15.0. The molecule has 3 aromatic rings. The van der Waals surface area contributed by atoms with Gasteiger partial charge in [0.15, 0.2) is 0 Å². The molecule has 0 aliphatic carbocycles. The van der Waals surface area contributed by atoms with Gasteiger partial charge in [-0.3, -0.25) is 4.90 Å². The SMILES string of the molecule is CCOc1ccc(CN2CCCCCOc3ccc(C(=O)O)cc3Cc3cccc(c3)C2)cc1. The fourth-order valence-corrected chi connectivity index (χ4v) is 4.43. The molecular formula is C29H33NO4. The van der Waals surface area contributed by atoms with Crippen molar-refractivity contribution in [1.29, 1.82) is 0 Å². The van der Waals surface area contributed by atoms with Gasteiger partial charge in [-0.05, 0) is 85.3 Å². The second kappa shape index (κ2) is 11.7. The highest BCUT2D eigenvalue weighted by atomic mass is 16.5. The maximum Gasteiger partial charge on any atom is 0.335 e. The first-order valence-electron chi connectivity index (χ1n) is 12.1. The van der Waals surface area contributed by atoms with Gasteiger partial charge in [0.1, 0.15) is 11.5 Å². The minimum Gasteiger partial charge on any atom is -0.494 e. The van der Waals surface area contributed by atoms with E-state index in [1.54, 1.807) is 18.2 Å². The summed E-state index contributed by atoms with van der Waals surface area (Å²) in [6.45, 7) is 6.09. The van der Waals surface area contributed by atoms with Crippen molar-refractivity contribution in [2.45, 2.75) is 45.7 Å². The molecule has 34 heavy (non-hydrogen) atoms. The third-order valence-electron chi connectivity index (χ3n) is 6.12. The van der Waals surface area contributed by atoms with Gasteiger partial charge in [0.25, 0.3) is 0 Å². The zero-order chi connectivity index (χ0) is 23.8. The molecule has 5 heteroatoms. The zero-order valence-corrected chi connectivity index (χ0v) is 19.8. The lowest BCUT2D eigenvalue weighted by Crippen LogP contribution is -2.24. The first kappa shape index (κ1) is 23.8. The van der Waals surface area contributed by atoms with Crippen LogP contribution in [-0.4, -0.2) is 35.7 Å². The van der Waals surface area contributed by atoms with E-state index in [0.717, 1.165) is 61.5 Å². The van der Waals surface area contributed by atoms with Crippen LogP contribution in [0.2, 0.25) is 0 Å². The Balaban J connectivity index is 1.55. The van der Waals surface area contributed by atoms with Crippen molar-refractivity contribution in [2.24, 2.45) is 0 Å². The van der Waals surface area contributed by atoms with Crippen LogP contribution in [0.15, 0.2) is 66.7 Å². The number of ether oxygens (including phenoxy) is 2. The van der Waals surface area contributed by atoms with Crippen LogP contribution in [-0.2, 0) is 19.5 Å². The maximum absolute atomic E-state index is 11.5. The van der Waals surface area contributed by atoms with Crippen LogP contribution < -0.4 is 9.47 Å². The monoisotopic (exact) mass is 459 g/mol. The van der Waals surface area contributed by atoms with Gasteiger partial charge in [-0.15, -0.1) is 0 Å². The topological polar surface area (TPSA) is 59.0 Å². The van der Waals surface area contributed by atoms with E-state index >= 15 is 0 Å². The summed E-state index contributed by atoms with van der Waals surface area (Å²) in [7, 11) is 0. The van der Waals surface area contributed by atoms with Crippen molar-refractivity contribution in [3.05, 3.63) is 94.5 Å². The van der Waals surface area contributed by atoms with Crippen molar-refractivity contribution < 1.29 is 19.4 Å². The van der Waals surface area contributed by atoms with Crippen LogP contribution in [0.1, 0.15) is 58.8 Å². The Labute approximate surface area is 201 Å². The Bertz CT molecular complexity index is 1090. The minimum atomic E-state index is -0.916. The molecule has 0 radical (unpaired) electrons. The number of aromatic carboxylic acids is 1. The van der Waals surface area contributed by atoms with Gasteiger partial charge in [-0.1, -0.05) is 36.4 Å². The van der Waals surface area contributed by atoms with Crippen LogP contribution >= 0.6 is 0 Å². The van der Waals surface area contributed by atoms with Gasteiger partial charge in [0.05, 0.1) is 18.8 Å². The first-order valence-corrected chi connectivity index (χ1v) is 12.1. The van der Waals surface area contributed by atoms with Gasteiger partial charge in [0.2, 0.25) is 0 Å². The molecule has 1 heterocycles. The summed E-state index contributed by atoms with van der Waals surface area (Å²) in [5.74, 6) is 0.775. The van der Waals surface area contributed by atoms with Gasteiger partial charge >= 0.3 is 5.97 Å². The third kappa shape index (κ3) is 6.61. The molecule has 1 aliphatic heterocycles. The van der Waals surface area contributed by atoms with Crippen LogP contribution in [0.3, 0.4) is 0 Å². The first-order chi connectivity index (χ1) is 16.6. The van der Waals surface area contributed by atoms with Crippen molar-refractivity contribution in [3.8, 4) is 11.5 Å². The molecule has 0 unspecified atom stereocenters. The summed E-state index contributed by atoms with van der Waals surface area (Å²) < 4.78 is 11.7. The minimum absolute atomic E-state index is 0.293. The molecule has 0 saturated carbocycles. The molecule has 2 bridgehead atoms. The van der Waals surface area contributed by atoms with Crippen LogP contribution in [0.5, 0.6) is 11.5 Å². The predicted octanol–water partition coefficient (Wildman–Crippen LogP) is 5.94. The Morgan fingerprint density at radius 1 is 1.00 bits per heavy atom. The van der Waals surface area contributed by atoms with Crippen molar-refractivity contribution in [1.82, 2.24) is 4.90 Å². The van der Waals surface area contributed by atoms with Crippen LogP contribution in [0.25, 0.3) is 0 Å². The largest absolute Gasteiger partial charge is 0.494 e. The molecule has 0 amide bonds. The zero-order valence-electron chi connectivity index (χ0n) is 19.8. The molecule has 5 nitrogen and oxygen atoms in total. The number of nitrogens with zero attached hydrogens (tertiary/aromatic N) is 1. The van der Waals surface area contributed by atoms with Gasteiger partial charge in [-0.2, -0.15) is 0 Å². The van der Waals surface area contributed by atoms with Gasteiger partial charge < -0.3 is 14.6 Å². The van der Waals surface area contributed by atoms with Crippen LogP contribution in [0.4, 0.5) is 0 Å². The highest BCUT2D eigenvalue weighted by Crippen LogP contribution is 2.25. The Morgan fingerprint density at radius 2 is 1.82 bits per heavy atom. The van der Waals surface area contributed by atoms with Crippen LogP contribution in [0, 0.1) is 0 Å². The van der Waals surface area contributed by atoms with E-state index in [4.69, 9.17) is 9.47 Å². The number of rotatable bonds is 5. The van der Waals surface area contributed by atoms with E-state index < -0.39 is 5.97 Å². The number of carboxylic acids is 1. The predicted molar refractivity (Wildman–Crippen MR) is 134 cm³/mol. The van der Waals surface area contributed by atoms with E-state index in [1.165, 1.54) is 11.1 Å². The average Bonchev–Trinajstić information content (AvgIpc) is 2.83. The quantitative estimate of drug-likeness (QED) is 0.512. The summed E-state index contributed by atoms with van der Waals surface area (Å²) in [5, 5.41) is 9.44. The molecule has 1 aliphatic rings. The number of benzene rings is 3. The number of carboxylic acid groups (broad SMARTS) is 1. The summed E-state index contributed by atoms with van der Waals surface area (Å²) in [4.78, 5) is 14.0. The van der Waals surface area contributed by atoms with Crippen molar-refractivity contribution >= 4 is 5.97 Å². The lowest BCUT2D eigenvalue weighted by Gasteiger charge is -2.23. The highest BCUT2D eigenvalue weighted by molar-refractivity contribution is 5.88. The molecule has 4 rings (SSSR count). The van der Waals surface area contributed by atoms with E-state index in [1.807, 2.05) is 19.1 Å². The maximum atomic E-state index is 11.5. The standard InChI is InChI=1S/C29H33NO4/c1-2-33-27-12-9-22(10-13-27)20-30-15-4-3-5-16-34-28-14-11-25(29(31)32)19-26(28)18-23-7-6-8-24(17-23)21-30/h6-14,17,19H,2-5,15-16,18,20-21H2,1H3,(H,31,32). The Hall–Kier alpha value is -3.31. The lowest BCUT2D eigenvalue weighted by molar-refractivity contribution is 0.0696.